The minimum absolute atomic E-state index is 0. The molecule has 2 heterocycles. The second-order valence-corrected chi connectivity index (χ2v) is 6.56. The molecule has 5 nitrogen and oxygen atoms in total. The van der Waals surface area contributed by atoms with Gasteiger partial charge >= 0.3 is 12.4 Å². The predicted octanol–water partition coefficient (Wildman–Crippen LogP) is 5.24. The maximum Gasteiger partial charge on any atom is 0.436 e. The van der Waals surface area contributed by atoms with Crippen molar-refractivity contribution in [2.75, 3.05) is 0 Å². The molecule has 3 aromatic rings. The van der Waals surface area contributed by atoms with Crippen LogP contribution in [0.5, 0.6) is 5.88 Å². The van der Waals surface area contributed by atoms with E-state index >= 15 is 0 Å². The number of benzene rings is 1. The molecule has 0 bridgehead atoms. The fourth-order valence-corrected chi connectivity index (χ4v) is 2.93. The summed E-state index contributed by atoms with van der Waals surface area (Å²) >= 11 is 0. The molecular formula is C18H6CuF11N3O2. The van der Waals surface area contributed by atoms with E-state index in [1.165, 1.54) is 0 Å². The molecule has 35 heavy (non-hydrogen) atoms. The molecule has 0 aliphatic carbocycles. The van der Waals surface area contributed by atoms with E-state index in [1.54, 1.807) is 0 Å². The van der Waals surface area contributed by atoms with Crippen molar-refractivity contribution in [2.45, 2.75) is 19.3 Å². The van der Waals surface area contributed by atoms with E-state index in [-0.39, 0.29) is 33.9 Å². The predicted molar refractivity (Wildman–Crippen MR) is 87.4 cm³/mol. The maximum absolute atomic E-state index is 14.4. The van der Waals surface area contributed by atoms with Gasteiger partial charge in [0.1, 0.15) is 28.4 Å². The van der Waals surface area contributed by atoms with E-state index in [1.807, 2.05) is 0 Å². The quantitative estimate of drug-likeness (QED) is 0.203. The van der Waals surface area contributed by atoms with Gasteiger partial charge in [-0.1, -0.05) is 0 Å². The Balaban J connectivity index is 0.00000432. The van der Waals surface area contributed by atoms with Crippen LogP contribution in [-0.4, -0.2) is 25.7 Å². The van der Waals surface area contributed by atoms with Crippen LogP contribution in [0.4, 0.5) is 48.3 Å². The smallest absolute Gasteiger partial charge is 0.436 e. The van der Waals surface area contributed by atoms with E-state index in [0.717, 1.165) is 6.92 Å². The van der Waals surface area contributed by atoms with Gasteiger partial charge in [0.25, 0.3) is 5.95 Å². The molecule has 2 aromatic heterocycles. The van der Waals surface area contributed by atoms with E-state index < -0.39 is 87.0 Å². The summed E-state index contributed by atoms with van der Waals surface area (Å²) in [6, 6.07) is -0.112. The van der Waals surface area contributed by atoms with Crippen LogP contribution in [0.3, 0.4) is 0 Å². The molecule has 1 radical (unpaired) electrons. The Morgan fingerprint density at radius 3 is 1.89 bits per heavy atom. The van der Waals surface area contributed by atoms with Crippen LogP contribution >= 0.6 is 0 Å². The van der Waals surface area contributed by atoms with E-state index in [0.29, 0.717) is 0 Å². The first-order chi connectivity index (χ1) is 15.5. The van der Waals surface area contributed by atoms with Crippen LogP contribution in [0.1, 0.15) is 32.9 Å². The van der Waals surface area contributed by atoms with Crippen molar-refractivity contribution >= 4 is 5.78 Å². The van der Waals surface area contributed by atoms with Crippen LogP contribution in [0.15, 0.2) is 12.1 Å². The number of carbonyl (C=O) groups is 1. The molecule has 0 aliphatic heterocycles. The number of ketones is 1. The largest absolute Gasteiger partial charge is 0.493 e. The van der Waals surface area contributed by atoms with Crippen molar-refractivity contribution in [3.8, 4) is 11.6 Å². The van der Waals surface area contributed by atoms with Crippen LogP contribution in [0.2, 0.25) is 0 Å². The number of hydrogen-bond donors (Lipinski definition) is 1. The van der Waals surface area contributed by atoms with Gasteiger partial charge in [-0.25, -0.2) is 18.2 Å². The van der Waals surface area contributed by atoms with E-state index in [9.17, 15) is 58.2 Å². The summed E-state index contributed by atoms with van der Waals surface area (Å²) in [5.41, 5.74) is -9.75. The number of aromatic nitrogens is 3. The molecule has 3 rings (SSSR count). The van der Waals surface area contributed by atoms with Gasteiger partial charge in [-0.15, -0.1) is 0 Å². The monoisotopic (exact) mass is 568 g/mol. The summed E-state index contributed by atoms with van der Waals surface area (Å²) in [7, 11) is 0. The summed E-state index contributed by atoms with van der Waals surface area (Å²) < 4.78 is 146. The second kappa shape index (κ2) is 9.11. The zero-order valence-electron chi connectivity index (χ0n) is 16.3. The molecule has 0 unspecified atom stereocenters. The third kappa shape index (κ3) is 4.82. The van der Waals surface area contributed by atoms with E-state index in [2.05, 4.69) is 10.1 Å². The minimum Gasteiger partial charge on any atom is -0.493 e. The number of alkyl halides is 6. The molecular weight excluding hydrogens is 563 g/mol. The van der Waals surface area contributed by atoms with Gasteiger partial charge < -0.3 is 5.11 Å². The Labute approximate surface area is 196 Å². The summed E-state index contributed by atoms with van der Waals surface area (Å²) in [5.74, 6) is -15.0. The van der Waals surface area contributed by atoms with Crippen molar-refractivity contribution in [3.05, 3.63) is 69.4 Å². The van der Waals surface area contributed by atoms with Gasteiger partial charge in [-0.3, -0.25) is 4.79 Å². The van der Waals surface area contributed by atoms with Crippen molar-refractivity contribution < 1.29 is 75.3 Å². The van der Waals surface area contributed by atoms with Crippen LogP contribution in [0.25, 0.3) is 5.69 Å². The minimum atomic E-state index is -5.63. The van der Waals surface area contributed by atoms with Crippen LogP contribution in [0, 0.1) is 36.1 Å². The Hall–Kier alpha value is -3.20. The SMILES string of the molecule is Cc1nn(-c2c(F)c(F)nc(C(F)(F)F)c2F)c(O)c1C(=O)c1cc(F)c(C(F)(F)F)c(F)c1.[Cu]. The molecule has 17 heteroatoms. The van der Waals surface area contributed by atoms with Crippen molar-refractivity contribution in [3.63, 3.8) is 0 Å². The van der Waals surface area contributed by atoms with E-state index in [4.69, 9.17) is 0 Å². The molecule has 1 aromatic carbocycles. The summed E-state index contributed by atoms with van der Waals surface area (Å²) in [6.45, 7) is 0.846. The van der Waals surface area contributed by atoms with Gasteiger partial charge in [0.15, 0.2) is 11.5 Å². The van der Waals surface area contributed by atoms with Crippen LogP contribution < -0.4 is 0 Å². The number of nitrogens with zero attached hydrogens (tertiary/aromatic N) is 3. The third-order valence-electron chi connectivity index (χ3n) is 4.35. The van der Waals surface area contributed by atoms with Gasteiger partial charge in [-0.05, 0) is 19.1 Å². The number of aryl methyl sites for hydroxylation is 1. The zero-order valence-corrected chi connectivity index (χ0v) is 17.3. The fraction of sp³-hybridized carbons (Fsp3) is 0.167. The molecule has 0 spiro atoms. The first kappa shape index (κ1) is 28.0. The van der Waals surface area contributed by atoms with Gasteiger partial charge in [0.05, 0.1) is 5.69 Å². The molecule has 0 amide bonds. The molecule has 0 atom stereocenters. The number of carbonyl (C=O) groups excluding carboxylic acids is 1. The molecule has 193 valence electrons. The second-order valence-electron chi connectivity index (χ2n) is 6.56. The van der Waals surface area contributed by atoms with Crippen LogP contribution in [-0.2, 0) is 29.4 Å². The molecule has 0 saturated heterocycles. The Bertz CT molecular complexity index is 1310. The normalized spacial score (nSPS) is 12.0. The number of halogens is 11. The molecule has 0 fully saturated rings. The molecule has 0 aliphatic rings. The van der Waals surface area contributed by atoms with Gasteiger partial charge in [-0.2, -0.15) is 44.9 Å². The average Bonchev–Trinajstić information content (AvgIpc) is 2.95. The van der Waals surface area contributed by atoms with Crippen molar-refractivity contribution in [1.82, 2.24) is 14.8 Å². The van der Waals surface area contributed by atoms with Gasteiger partial charge in [0, 0.05) is 22.6 Å². The number of pyridine rings is 1. The van der Waals surface area contributed by atoms with Crippen molar-refractivity contribution in [1.29, 1.82) is 0 Å². The number of hydrogen-bond acceptors (Lipinski definition) is 4. The standard InChI is InChI=1S/C18H6F11N3O2.Cu/c1-4-8(13(33)5-2-6(19)9(7(20)3-5)17(24,25)26)16(34)32(31-4)12-10(21)14(18(27,28)29)30-15(23)11(12)22;/h2-3,34H,1H3;. The topological polar surface area (TPSA) is 68.0 Å². The van der Waals surface area contributed by atoms with Gasteiger partial charge in [0.2, 0.25) is 17.5 Å². The first-order valence-electron chi connectivity index (χ1n) is 8.48. The fourth-order valence-electron chi connectivity index (χ4n) is 2.93. The van der Waals surface area contributed by atoms with Crippen molar-refractivity contribution in [2.24, 2.45) is 0 Å². The average molecular weight is 569 g/mol. The number of aromatic hydroxyl groups is 1. The molecule has 1 N–H and O–H groups in total. The zero-order chi connectivity index (χ0) is 25.9. The third-order valence-corrected chi connectivity index (χ3v) is 4.35. The Morgan fingerprint density at radius 2 is 1.43 bits per heavy atom. The number of rotatable bonds is 3. The first-order valence-corrected chi connectivity index (χ1v) is 8.48. The summed E-state index contributed by atoms with van der Waals surface area (Å²) in [5, 5.41) is 13.5. The maximum atomic E-state index is 14.4. The molecule has 0 saturated carbocycles. The summed E-state index contributed by atoms with van der Waals surface area (Å²) in [4.78, 5) is 14.7. The Morgan fingerprint density at radius 1 is 0.914 bits per heavy atom. The summed E-state index contributed by atoms with van der Waals surface area (Å²) in [6.07, 6.45) is -11.1. The Kier molecular flexibility index (Phi) is 7.30.